The Labute approximate surface area is 211 Å². The van der Waals surface area contributed by atoms with E-state index in [0.717, 1.165) is 31.1 Å². The number of β-amino-alcohol motifs (C(OH)–C–C–N with tert-alkyl or cyclic N) is 1. The van der Waals surface area contributed by atoms with Gasteiger partial charge in [-0.3, -0.25) is 14.6 Å². The molecule has 3 amide bonds. The van der Waals surface area contributed by atoms with Crippen molar-refractivity contribution in [3.8, 4) is 11.5 Å². The Morgan fingerprint density at radius 1 is 0.971 bits per heavy atom. The fraction of sp³-hybridized carbons (Fsp3) is 0.360. The van der Waals surface area contributed by atoms with Crippen molar-refractivity contribution in [3.05, 3.63) is 59.8 Å². The van der Waals surface area contributed by atoms with Gasteiger partial charge in [-0.2, -0.15) is 0 Å². The Morgan fingerprint density at radius 3 is 2.34 bits per heavy atom. The van der Waals surface area contributed by atoms with Gasteiger partial charge < -0.3 is 24.8 Å². The van der Waals surface area contributed by atoms with Crippen molar-refractivity contribution in [1.29, 1.82) is 0 Å². The maximum Gasteiger partial charge on any atom is 0.329 e. The number of carbonyl (C=O) groups excluding carboxylic acids is 2. The zero-order valence-corrected chi connectivity index (χ0v) is 20.7. The molecule has 0 spiro atoms. The van der Waals surface area contributed by atoms with Gasteiger partial charge in [0.1, 0.15) is 5.70 Å². The number of nitrogens with one attached hydrogen (secondary N) is 1. The molecule has 2 aliphatic rings. The molecule has 0 saturated carbocycles. The number of ether oxygens (including phenoxy) is 2. The summed E-state index contributed by atoms with van der Waals surface area (Å²) in [6.45, 7) is 3.63. The van der Waals surface area contributed by atoms with E-state index in [0.29, 0.717) is 23.6 Å². The van der Waals surface area contributed by atoms with Gasteiger partial charge in [-0.15, -0.1) is 12.4 Å². The number of halogens is 1. The van der Waals surface area contributed by atoms with Crippen molar-refractivity contribution < 1.29 is 24.2 Å². The second kappa shape index (κ2) is 11.9. The van der Waals surface area contributed by atoms with Gasteiger partial charge in [0.05, 0.1) is 26.9 Å². The highest BCUT2D eigenvalue weighted by molar-refractivity contribution is 6.14. The van der Waals surface area contributed by atoms with E-state index >= 15 is 0 Å². The van der Waals surface area contributed by atoms with Gasteiger partial charge in [0, 0.05) is 44.0 Å². The normalized spacial score (nSPS) is 18.3. The number of nitrogens with zero attached hydrogens (tertiary/aromatic N) is 3. The lowest BCUT2D eigenvalue weighted by Gasteiger charge is -2.37. The SMILES string of the molecule is COc1cccc(/C=C2\NC(=O)N(CC(O)CN3CCN(c4ccccc4)CC3)C2=O)c1OC.Cl. The second-order valence-electron chi connectivity index (χ2n) is 8.26. The zero-order valence-electron chi connectivity index (χ0n) is 19.8. The molecule has 2 aromatic rings. The minimum atomic E-state index is -0.844. The summed E-state index contributed by atoms with van der Waals surface area (Å²) in [5, 5.41) is 13.2. The number of anilines is 1. The van der Waals surface area contributed by atoms with Crippen LogP contribution in [0.5, 0.6) is 11.5 Å². The first kappa shape index (κ1) is 26.3. The summed E-state index contributed by atoms with van der Waals surface area (Å²) in [5.74, 6) is 0.503. The molecule has 2 fully saturated rings. The third-order valence-corrected chi connectivity index (χ3v) is 6.05. The summed E-state index contributed by atoms with van der Waals surface area (Å²) < 4.78 is 10.7. The molecule has 35 heavy (non-hydrogen) atoms. The average Bonchev–Trinajstić information content (AvgIpc) is 3.12. The number of amides is 3. The number of methoxy groups -OCH3 is 2. The highest BCUT2D eigenvalue weighted by Crippen LogP contribution is 2.32. The second-order valence-corrected chi connectivity index (χ2v) is 8.26. The maximum atomic E-state index is 12.9. The highest BCUT2D eigenvalue weighted by Gasteiger charge is 2.35. The number of aliphatic hydroxyl groups is 1. The van der Waals surface area contributed by atoms with Gasteiger partial charge in [0.25, 0.3) is 5.91 Å². The third kappa shape index (κ3) is 6.05. The quantitative estimate of drug-likeness (QED) is 0.422. The van der Waals surface area contributed by atoms with Gasteiger partial charge in [0.2, 0.25) is 0 Å². The van der Waals surface area contributed by atoms with E-state index in [4.69, 9.17) is 9.47 Å². The lowest BCUT2D eigenvalue weighted by atomic mass is 10.1. The Morgan fingerprint density at radius 2 is 1.69 bits per heavy atom. The Hall–Kier alpha value is -3.27. The first-order valence-corrected chi connectivity index (χ1v) is 11.3. The van der Waals surface area contributed by atoms with Crippen molar-refractivity contribution in [3.63, 3.8) is 0 Å². The molecule has 1 unspecified atom stereocenters. The number of carbonyl (C=O) groups is 2. The van der Waals surface area contributed by atoms with Crippen molar-refractivity contribution in [2.45, 2.75) is 6.10 Å². The van der Waals surface area contributed by atoms with E-state index in [1.807, 2.05) is 18.2 Å². The van der Waals surface area contributed by atoms with Crippen LogP contribution in [0.15, 0.2) is 54.2 Å². The number of rotatable bonds is 8. The van der Waals surface area contributed by atoms with Crippen LogP contribution >= 0.6 is 12.4 Å². The first-order valence-electron chi connectivity index (χ1n) is 11.3. The van der Waals surface area contributed by atoms with Gasteiger partial charge >= 0.3 is 6.03 Å². The van der Waals surface area contributed by atoms with Gasteiger partial charge in [0.15, 0.2) is 11.5 Å². The summed E-state index contributed by atoms with van der Waals surface area (Å²) in [6.07, 6.45) is 0.709. The minimum absolute atomic E-state index is 0. The van der Waals surface area contributed by atoms with Crippen LogP contribution in [0.1, 0.15) is 5.56 Å². The third-order valence-electron chi connectivity index (χ3n) is 6.05. The number of hydrogen-bond donors (Lipinski definition) is 2. The fourth-order valence-electron chi connectivity index (χ4n) is 4.31. The summed E-state index contributed by atoms with van der Waals surface area (Å²) in [6, 6.07) is 15.0. The first-order chi connectivity index (χ1) is 16.5. The Bertz CT molecular complexity index is 1060. The Kier molecular flexibility index (Phi) is 8.97. The molecule has 1 atom stereocenters. The molecule has 2 N–H and O–H groups in total. The molecule has 2 aliphatic heterocycles. The number of hydrogen-bond acceptors (Lipinski definition) is 7. The van der Waals surface area contributed by atoms with Crippen molar-refractivity contribution >= 4 is 36.1 Å². The summed E-state index contributed by atoms with van der Waals surface area (Å²) in [5.41, 5.74) is 1.92. The number of benzene rings is 2. The standard InChI is InChI=1S/C25H30N4O5.ClH/c1-33-22-10-6-7-18(23(22)34-2)15-21-24(31)29(25(32)26-21)17-20(30)16-27-11-13-28(14-12-27)19-8-4-3-5-9-19;/h3-10,15,20,30H,11-14,16-17H2,1-2H3,(H,26,32);1H/b21-15-;. The predicted octanol–water partition coefficient (Wildman–Crippen LogP) is 2.20. The summed E-state index contributed by atoms with van der Waals surface area (Å²) in [4.78, 5) is 30.8. The molecule has 4 rings (SSSR count). The summed E-state index contributed by atoms with van der Waals surface area (Å²) >= 11 is 0. The maximum absolute atomic E-state index is 12.9. The smallest absolute Gasteiger partial charge is 0.329 e. The molecule has 0 aliphatic carbocycles. The molecule has 2 heterocycles. The van der Waals surface area contributed by atoms with Gasteiger partial charge in [-0.05, 0) is 24.3 Å². The molecule has 188 valence electrons. The van der Waals surface area contributed by atoms with Crippen LogP contribution in [0.4, 0.5) is 10.5 Å². The molecule has 0 radical (unpaired) electrons. The number of piperazine rings is 1. The number of para-hydroxylation sites is 2. The molecule has 2 aromatic carbocycles. The van der Waals surface area contributed by atoms with Crippen LogP contribution in [-0.4, -0.2) is 86.4 Å². The Balaban J connectivity index is 0.00000342. The molecular weight excluding hydrogens is 472 g/mol. The van der Waals surface area contributed by atoms with Crippen LogP contribution < -0.4 is 19.7 Å². The molecule has 2 saturated heterocycles. The monoisotopic (exact) mass is 502 g/mol. The van der Waals surface area contributed by atoms with Gasteiger partial charge in [-0.1, -0.05) is 30.3 Å². The number of imide groups is 1. The van der Waals surface area contributed by atoms with E-state index in [1.165, 1.54) is 19.9 Å². The van der Waals surface area contributed by atoms with Crippen LogP contribution in [0.25, 0.3) is 6.08 Å². The van der Waals surface area contributed by atoms with E-state index in [-0.39, 0.29) is 24.6 Å². The number of urea groups is 1. The lowest BCUT2D eigenvalue weighted by Crippen LogP contribution is -2.50. The fourth-order valence-corrected chi connectivity index (χ4v) is 4.31. The van der Waals surface area contributed by atoms with E-state index in [9.17, 15) is 14.7 Å². The number of aliphatic hydroxyl groups excluding tert-OH is 1. The predicted molar refractivity (Wildman–Crippen MR) is 136 cm³/mol. The van der Waals surface area contributed by atoms with E-state index in [1.54, 1.807) is 24.3 Å². The van der Waals surface area contributed by atoms with Crippen LogP contribution in [0.3, 0.4) is 0 Å². The van der Waals surface area contributed by atoms with E-state index in [2.05, 4.69) is 27.2 Å². The zero-order chi connectivity index (χ0) is 24.1. The van der Waals surface area contributed by atoms with Crippen molar-refractivity contribution in [2.24, 2.45) is 0 Å². The van der Waals surface area contributed by atoms with Crippen molar-refractivity contribution in [1.82, 2.24) is 15.1 Å². The van der Waals surface area contributed by atoms with Gasteiger partial charge in [-0.25, -0.2) is 4.79 Å². The molecular formula is C25H31ClN4O5. The topological polar surface area (TPSA) is 94.6 Å². The van der Waals surface area contributed by atoms with Crippen molar-refractivity contribution in [2.75, 3.05) is 58.4 Å². The molecule has 10 heteroatoms. The average molecular weight is 503 g/mol. The van der Waals surface area contributed by atoms with E-state index < -0.39 is 18.0 Å². The van der Waals surface area contributed by atoms with Crippen LogP contribution in [0.2, 0.25) is 0 Å². The lowest BCUT2D eigenvalue weighted by molar-refractivity contribution is -0.124. The van der Waals surface area contributed by atoms with Crippen LogP contribution in [0, 0.1) is 0 Å². The molecule has 9 nitrogen and oxygen atoms in total. The van der Waals surface area contributed by atoms with Crippen LogP contribution in [-0.2, 0) is 4.79 Å². The largest absolute Gasteiger partial charge is 0.493 e. The molecule has 0 aromatic heterocycles. The highest BCUT2D eigenvalue weighted by atomic mass is 35.5. The minimum Gasteiger partial charge on any atom is -0.493 e. The molecule has 0 bridgehead atoms. The summed E-state index contributed by atoms with van der Waals surface area (Å²) in [7, 11) is 3.04.